The third-order valence-corrected chi connectivity index (χ3v) is 6.97. The van der Waals surface area contributed by atoms with Gasteiger partial charge in [-0.25, -0.2) is 0 Å². The number of ether oxygens (including phenoxy) is 2. The Morgan fingerprint density at radius 3 is 2.80 bits per heavy atom. The standard InChI is InChI=1S/C20H29NO4/c1-12-11-13-5-6-15(24-4)17-16(13)20(9-10-21(12)3)18(25-17)14(22)7-8-19(20,2)23/h5-6,12,14,18,22-23H,7-11H2,1-4H3/t12?,14-,18-,19-,20-/m0/s1. The molecule has 0 bridgehead atoms. The van der Waals surface area contributed by atoms with Crippen molar-refractivity contribution < 1.29 is 19.7 Å². The van der Waals surface area contributed by atoms with Crippen LogP contribution < -0.4 is 9.47 Å². The fraction of sp³-hybridized carbons (Fsp3) is 0.700. The average Bonchev–Trinajstić information content (AvgIpc) is 2.94. The normalized spacial score (nSPS) is 40.5. The molecule has 1 saturated carbocycles. The van der Waals surface area contributed by atoms with Crippen LogP contribution in [0.25, 0.3) is 0 Å². The molecule has 3 aliphatic rings. The summed E-state index contributed by atoms with van der Waals surface area (Å²) in [6.45, 7) is 5.01. The lowest BCUT2D eigenvalue weighted by atomic mass is 9.56. The van der Waals surface area contributed by atoms with Gasteiger partial charge in [0, 0.05) is 11.6 Å². The third kappa shape index (κ3) is 2.19. The number of aliphatic hydroxyl groups is 2. The molecular formula is C20H29NO4. The number of rotatable bonds is 1. The summed E-state index contributed by atoms with van der Waals surface area (Å²) in [5, 5.41) is 22.2. The molecule has 2 N–H and O–H groups in total. The van der Waals surface area contributed by atoms with Crippen LogP contribution in [0.2, 0.25) is 0 Å². The van der Waals surface area contributed by atoms with Crippen LogP contribution in [0, 0.1) is 0 Å². The molecule has 0 radical (unpaired) electrons. The zero-order valence-corrected chi connectivity index (χ0v) is 15.6. The Morgan fingerprint density at radius 1 is 1.32 bits per heavy atom. The Balaban J connectivity index is 2.00. The average molecular weight is 347 g/mol. The molecule has 1 aliphatic carbocycles. The van der Waals surface area contributed by atoms with E-state index in [0.717, 1.165) is 30.7 Å². The molecule has 1 aromatic carbocycles. The summed E-state index contributed by atoms with van der Waals surface area (Å²) in [6.07, 6.45) is 1.78. The van der Waals surface area contributed by atoms with Crippen molar-refractivity contribution in [2.45, 2.75) is 68.8 Å². The van der Waals surface area contributed by atoms with Gasteiger partial charge in [-0.1, -0.05) is 6.07 Å². The van der Waals surface area contributed by atoms with Gasteiger partial charge in [-0.2, -0.15) is 0 Å². The van der Waals surface area contributed by atoms with Gasteiger partial charge in [0.15, 0.2) is 11.5 Å². The van der Waals surface area contributed by atoms with E-state index in [1.54, 1.807) is 7.11 Å². The molecule has 1 fully saturated rings. The zero-order chi connectivity index (χ0) is 18.0. The lowest BCUT2D eigenvalue weighted by Crippen LogP contribution is -2.64. The third-order valence-electron chi connectivity index (χ3n) is 6.97. The molecule has 1 unspecified atom stereocenters. The minimum Gasteiger partial charge on any atom is -0.493 e. The molecule has 2 aliphatic heterocycles. The fourth-order valence-corrected chi connectivity index (χ4v) is 5.28. The van der Waals surface area contributed by atoms with E-state index >= 15 is 0 Å². The molecular weight excluding hydrogens is 318 g/mol. The second kappa shape index (κ2) is 5.60. The fourth-order valence-electron chi connectivity index (χ4n) is 5.28. The van der Waals surface area contributed by atoms with Crippen molar-refractivity contribution in [3.63, 3.8) is 0 Å². The van der Waals surface area contributed by atoms with E-state index in [0.29, 0.717) is 24.6 Å². The summed E-state index contributed by atoms with van der Waals surface area (Å²) in [4.78, 5) is 2.34. The van der Waals surface area contributed by atoms with Crippen LogP contribution in [0.4, 0.5) is 0 Å². The van der Waals surface area contributed by atoms with Crippen LogP contribution in [0.15, 0.2) is 12.1 Å². The summed E-state index contributed by atoms with van der Waals surface area (Å²) < 4.78 is 11.9. The van der Waals surface area contributed by atoms with Gasteiger partial charge < -0.3 is 24.6 Å². The van der Waals surface area contributed by atoms with E-state index in [9.17, 15) is 10.2 Å². The molecule has 0 aromatic heterocycles. The Hall–Kier alpha value is -1.30. The lowest BCUT2D eigenvalue weighted by molar-refractivity contribution is -0.142. The molecule has 25 heavy (non-hydrogen) atoms. The quantitative estimate of drug-likeness (QED) is 0.812. The highest BCUT2D eigenvalue weighted by Crippen LogP contribution is 2.60. The van der Waals surface area contributed by atoms with Gasteiger partial charge in [0.1, 0.15) is 6.10 Å². The molecule has 4 rings (SSSR count). The van der Waals surface area contributed by atoms with E-state index in [1.807, 2.05) is 13.0 Å². The molecule has 5 atom stereocenters. The number of methoxy groups -OCH3 is 1. The van der Waals surface area contributed by atoms with Crippen LogP contribution >= 0.6 is 0 Å². The highest BCUT2D eigenvalue weighted by Gasteiger charge is 2.65. The number of benzene rings is 1. The first kappa shape index (κ1) is 17.1. The van der Waals surface area contributed by atoms with Crippen molar-refractivity contribution >= 4 is 0 Å². The number of aliphatic hydroxyl groups excluding tert-OH is 1. The number of hydrogen-bond donors (Lipinski definition) is 2. The van der Waals surface area contributed by atoms with Crippen molar-refractivity contribution in [3.05, 3.63) is 23.3 Å². The van der Waals surface area contributed by atoms with Crippen molar-refractivity contribution in [1.29, 1.82) is 0 Å². The SMILES string of the molecule is COc1ccc2c3c1O[C@H]1[C@@H](O)CC[C@](C)(O)[C@@]31CCN(C)C(C)C2. The van der Waals surface area contributed by atoms with E-state index in [-0.39, 0.29) is 0 Å². The molecule has 2 heterocycles. The maximum atomic E-state index is 11.5. The van der Waals surface area contributed by atoms with Gasteiger partial charge in [-0.05, 0) is 64.8 Å². The highest BCUT2D eigenvalue weighted by molar-refractivity contribution is 5.60. The summed E-state index contributed by atoms with van der Waals surface area (Å²) in [6, 6.07) is 4.47. The molecule has 0 saturated heterocycles. The van der Waals surface area contributed by atoms with Crippen LogP contribution in [0.1, 0.15) is 44.2 Å². The van der Waals surface area contributed by atoms with Gasteiger partial charge in [-0.15, -0.1) is 0 Å². The van der Waals surface area contributed by atoms with Crippen molar-refractivity contribution in [1.82, 2.24) is 4.90 Å². The Bertz CT molecular complexity index is 689. The topological polar surface area (TPSA) is 62.2 Å². The summed E-state index contributed by atoms with van der Waals surface area (Å²) in [5.41, 5.74) is 0.746. The van der Waals surface area contributed by atoms with Gasteiger partial charge in [0.05, 0.1) is 24.2 Å². The Kier molecular flexibility index (Phi) is 3.84. The van der Waals surface area contributed by atoms with Crippen molar-refractivity contribution in [2.24, 2.45) is 0 Å². The minimum absolute atomic E-state index is 0.410. The molecule has 0 amide bonds. The lowest BCUT2D eigenvalue weighted by Gasteiger charge is -2.52. The number of likely N-dealkylation sites (N-methyl/N-ethyl adjacent to an activating group) is 1. The second-order valence-corrected chi connectivity index (χ2v) is 8.30. The van der Waals surface area contributed by atoms with Gasteiger partial charge >= 0.3 is 0 Å². The first-order chi connectivity index (χ1) is 11.8. The maximum Gasteiger partial charge on any atom is 0.166 e. The monoisotopic (exact) mass is 347 g/mol. The molecule has 138 valence electrons. The van der Waals surface area contributed by atoms with Crippen LogP contribution in [-0.4, -0.2) is 59.7 Å². The molecule has 5 heteroatoms. The van der Waals surface area contributed by atoms with Crippen LogP contribution in [-0.2, 0) is 11.8 Å². The predicted octanol–water partition coefficient (Wildman–Crippen LogP) is 1.87. The van der Waals surface area contributed by atoms with E-state index in [4.69, 9.17) is 9.47 Å². The first-order valence-electron chi connectivity index (χ1n) is 9.29. The Morgan fingerprint density at radius 2 is 2.08 bits per heavy atom. The van der Waals surface area contributed by atoms with Gasteiger partial charge in [0.2, 0.25) is 0 Å². The summed E-state index contributed by atoms with van der Waals surface area (Å²) >= 11 is 0. The van der Waals surface area contributed by atoms with Crippen molar-refractivity contribution in [2.75, 3.05) is 20.7 Å². The number of hydrogen-bond acceptors (Lipinski definition) is 5. The minimum atomic E-state index is -0.926. The number of nitrogens with zero attached hydrogens (tertiary/aromatic N) is 1. The Labute approximate surface area is 149 Å². The largest absolute Gasteiger partial charge is 0.493 e. The first-order valence-corrected chi connectivity index (χ1v) is 9.29. The van der Waals surface area contributed by atoms with E-state index < -0.39 is 23.2 Å². The molecule has 5 nitrogen and oxygen atoms in total. The van der Waals surface area contributed by atoms with Crippen LogP contribution in [0.3, 0.4) is 0 Å². The zero-order valence-electron chi connectivity index (χ0n) is 15.6. The van der Waals surface area contributed by atoms with Gasteiger partial charge in [-0.3, -0.25) is 0 Å². The highest BCUT2D eigenvalue weighted by atomic mass is 16.5. The predicted molar refractivity (Wildman–Crippen MR) is 95.4 cm³/mol. The smallest absolute Gasteiger partial charge is 0.166 e. The van der Waals surface area contributed by atoms with Crippen molar-refractivity contribution in [3.8, 4) is 11.5 Å². The summed E-state index contributed by atoms with van der Waals surface area (Å²) in [7, 11) is 3.78. The van der Waals surface area contributed by atoms with Gasteiger partial charge in [0.25, 0.3) is 0 Å². The maximum absolute atomic E-state index is 11.5. The summed E-state index contributed by atoms with van der Waals surface area (Å²) in [5.74, 6) is 1.42. The molecule has 1 spiro atoms. The van der Waals surface area contributed by atoms with E-state index in [1.165, 1.54) is 5.56 Å². The molecule has 1 aromatic rings. The second-order valence-electron chi connectivity index (χ2n) is 8.30. The van der Waals surface area contributed by atoms with Crippen LogP contribution in [0.5, 0.6) is 11.5 Å². The van der Waals surface area contributed by atoms with E-state index in [2.05, 4.69) is 24.9 Å².